The first-order valence-corrected chi connectivity index (χ1v) is 4.86. The first-order valence-electron chi connectivity index (χ1n) is 4.86. The average Bonchev–Trinajstić information content (AvgIpc) is 2.56. The Bertz CT molecular complexity index is 536. The fourth-order valence-corrected chi connectivity index (χ4v) is 1.62. The summed E-state index contributed by atoms with van der Waals surface area (Å²) in [6, 6.07) is 1.90. The fourth-order valence-electron chi connectivity index (χ4n) is 1.62. The molecule has 1 unspecified atom stereocenters. The van der Waals surface area contributed by atoms with Crippen LogP contribution in [0, 0.1) is 5.82 Å². The molecular formula is C11H7F4NO2. The summed E-state index contributed by atoms with van der Waals surface area (Å²) in [5, 5.41) is 11.4. The quantitative estimate of drug-likeness (QED) is 0.755. The van der Waals surface area contributed by atoms with Crippen LogP contribution in [-0.4, -0.2) is 17.2 Å². The Labute approximate surface area is 98.7 Å². The Morgan fingerprint density at radius 3 is 2.39 bits per heavy atom. The third-order valence-electron chi connectivity index (χ3n) is 2.47. The van der Waals surface area contributed by atoms with Crippen molar-refractivity contribution in [3.8, 4) is 0 Å². The molecule has 1 aromatic carbocycles. The largest absolute Gasteiger partial charge is 0.416 e. The molecular weight excluding hydrogens is 254 g/mol. The summed E-state index contributed by atoms with van der Waals surface area (Å²) in [5.41, 5.74) is -1.46. The molecule has 1 aliphatic heterocycles. The van der Waals surface area contributed by atoms with Crippen molar-refractivity contribution in [1.29, 1.82) is 0 Å². The van der Waals surface area contributed by atoms with Gasteiger partial charge in [-0.15, -0.1) is 0 Å². The van der Waals surface area contributed by atoms with Gasteiger partial charge in [0.1, 0.15) is 5.82 Å². The van der Waals surface area contributed by atoms with E-state index >= 15 is 0 Å². The summed E-state index contributed by atoms with van der Waals surface area (Å²) in [7, 11) is 0. The number of amides is 1. The van der Waals surface area contributed by atoms with Crippen molar-refractivity contribution < 1.29 is 27.5 Å². The standard InChI is InChI=1S/C11H7F4NO2/c12-8-3-5(11(13,14)15)1-2-6(8)7-4-9(17)16-10(7)18/h1-4,10,18H,(H,16,17). The number of nitrogens with one attached hydrogen (secondary N) is 1. The van der Waals surface area contributed by atoms with Crippen LogP contribution in [0.4, 0.5) is 17.6 Å². The van der Waals surface area contributed by atoms with Crippen LogP contribution < -0.4 is 5.32 Å². The van der Waals surface area contributed by atoms with Crippen LogP contribution in [0.5, 0.6) is 0 Å². The molecule has 1 amide bonds. The second-order valence-corrected chi connectivity index (χ2v) is 3.70. The zero-order chi connectivity index (χ0) is 13.5. The molecule has 1 aliphatic rings. The molecule has 1 atom stereocenters. The van der Waals surface area contributed by atoms with Gasteiger partial charge in [-0.1, -0.05) is 6.07 Å². The van der Waals surface area contributed by atoms with Gasteiger partial charge in [0.25, 0.3) is 0 Å². The topological polar surface area (TPSA) is 49.3 Å². The second kappa shape index (κ2) is 4.09. The van der Waals surface area contributed by atoms with Gasteiger partial charge in [0.2, 0.25) is 5.91 Å². The summed E-state index contributed by atoms with van der Waals surface area (Å²) in [6.07, 6.45) is -5.12. The van der Waals surface area contributed by atoms with Gasteiger partial charge in [0.15, 0.2) is 6.23 Å². The maximum absolute atomic E-state index is 13.5. The van der Waals surface area contributed by atoms with Crippen molar-refractivity contribution in [2.24, 2.45) is 0 Å². The molecule has 96 valence electrons. The van der Waals surface area contributed by atoms with E-state index < -0.39 is 29.7 Å². The minimum Gasteiger partial charge on any atom is -0.369 e. The molecule has 2 N–H and O–H groups in total. The van der Waals surface area contributed by atoms with Gasteiger partial charge in [0.05, 0.1) is 5.56 Å². The first-order chi connectivity index (χ1) is 8.29. The van der Waals surface area contributed by atoms with Crippen LogP contribution in [-0.2, 0) is 11.0 Å². The molecule has 0 spiro atoms. The Hall–Kier alpha value is -1.89. The molecule has 0 saturated heterocycles. The van der Waals surface area contributed by atoms with Crippen molar-refractivity contribution in [2.75, 3.05) is 0 Å². The van der Waals surface area contributed by atoms with E-state index in [1.54, 1.807) is 0 Å². The number of aliphatic hydroxyl groups is 1. The van der Waals surface area contributed by atoms with E-state index in [1.165, 1.54) is 0 Å². The van der Waals surface area contributed by atoms with Crippen LogP contribution in [0.15, 0.2) is 24.3 Å². The van der Waals surface area contributed by atoms with Crippen molar-refractivity contribution in [3.05, 3.63) is 41.2 Å². The number of aliphatic hydroxyl groups excluding tert-OH is 1. The molecule has 1 aromatic rings. The molecule has 0 saturated carbocycles. The molecule has 18 heavy (non-hydrogen) atoms. The van der Waals surface area contributed by atoms with Crippen LogP contribution in [0.1, 0.15) is 11.1 Å². The van der Waals surface area contributed by atoms with E-state index in [4.69, 9.17) is 0 Å². The molecule has 0 fully saturated rings. The number of benzene rings is 1. The molecule has 7 heteroatoms. The monoisotopic (exact) mass is 261 g/mol. The minimum atomic E-state index is -4.64. The Morgan fingerprint density at radius 2 is 1.94 bits per heavy atom. The number of hydrogen-bond donors (Lipinski definition) is 2. The second-order valence-electron chi connectivity index (χ2n) is 3.70. The Morgan fingerprint density at radius 1 is 1.28 bits per heavy atom. The number of alkyl halides is 3. The Balaban J connectivity index is 2.43. The summed E-state index contributed by atoms with van der Waals surface area (Å²) in [6.45, 7) is 0. The van der Waals surface area contributed by atoms with Gasteiger partial charge in [-0.2, -0.15) is 13.2 Å². The SMILES string of the molecule is O=C1C=C(c2ccc(C(F)(F)F)cc2F)C(O)N1. The zero-order valence-corrected chi connectivity index (χ0v) is 8.75. The number of rotatable bonds is 1. The predicted octanol–water partition coefficient (Wildman–Crippen LogP) is 1.68. The third kappa shape index (κ3) is 2.21. The number of carbonyl (C=O) groups excluding carboxylic acids is 1. The first kappa shape index (κ1) is 12.6. The van der Waals surface area contributed by atoms with Crippen LogP contribution in [0.3, 0.4) is 0 Å². The maximum atomic E-state index is 13.5. The lowest BCUT2D eigenvalue weighted by molar-refractivity contribution is -0.137. The summed E-state index contributed by atoms with van der Waals surface area (Å²) < 4.78 is 50.5. The van der Waals surface area contributed by atoms with Gasteiger partial charge in [0, 0.05) is 17.2 Å². The lowest BCUT2D eigenvalue weighted by atomic mass is 10.0. The van der Waals surface area contributed by atoms with E-state index in [9.17, 15) is 27.5 Å². The summed E-state index contributed by atoms with van der Waals surface area (Å²) in [4.78, 5) is 10.9. The highest BCUT2D eigenvalue weighted by molar-refractivity contribution is 6.01. The van der Waals surface area contributed by atoms with Gasteiger partial charge in [-0.3, -0.25) is 4.79 Å². The van der Waals surface area contributed by atoms with Crippen LogP contribution >= 0.6 is 0 Å². The number of carbonyl (C=O) groups is 1. The normalized spacial score (nSPS) is 19.7. The van der Waals surface area contributed by atoms with E-state index in [-0.39, 0.29) is 11.1 Å². The van der Waals surface area contributed by atoms with Gasteiger partial charge < -0.3 is 10.4 Å². The van der Waals surface area contributed by atoms with Crippen LogP contribution in [0.2, 0.25) is 0 Å². The highest BCUT2D eigenvalue weighted by Crippen LogP contribution is 2.32. The van der Waals surface area contributed by atoms with E-state index in [0.717, 1.165) is 12.1 Å². The van der Waals surface area contributed by atoms with Crippen molar-refractivity contribution in [2.45, 2.75) is 12.4 Å². The van der Waals surface area contributed by atoms with E-state index in [1.807, 2.05) is 0 Å². The lowest BCUT2D eigenvalue weighted by Crippen LogP contribution is -2.27. The number of halogens is 4. The molecule has 0 bridgehead atoms. The molecule has 0 radical (unpaired) electrons. The molecule has 0 aromatic heterocycles. The van der Waals surface area contributed by atoms with Crippen molar-refractivity contribution in [3.63, 3.8) is 0 Å². The van der Waals surface area contributed by atoms with Crippen molar-refractivity contribution in [1.82, 2.24) is 5.32 Å². The maximum Gasteiger partial charge on any atom is 0.416 e. The molecule has 2 rings (SSSR count). The van der Waals surface area contributed by atoms with E-state index in [0.29, 0.717) is 12.1 Å². The van der Waals surface area contributed by atoms with Gasteiger partial charge in [-0.05, 0) is 12.1 Å². The van der Waals surface area contributed by atoms with Crippen LogP contribution in [0.25, 0.3) is 5.57 Å². The number of hydrogen-bond acceptors (Lipinski definition) is 2. The Kier molecular flexibility index (Phi) is 2.86. The van der Waals surface area contributed by atoms with Crippen molar-refractivity contribution >= 4 is 11.5 Å². The lowest BCUT2D eigenvalue weighted by Gasteiger charge is -2.12. The zero-order valence-electron chi connectivity index (χ0n) is 8.75. The summed E-state index contributed by atoms with van der Waals surface area (Å²) in [5.74, 6) is -1.77. The molecule has 0 aliphatic carbocycles. The predicted molar refractivity (Wildman–Crippen MR) is 53.5 cm³/mol. The molecule has 1 heterocycles. The van der Waals surface area contributed by atoms with Gasteiger partial charge in [-0.25, -0.2) is 4.39 Å². The minimum absolute atomic E-state index is 0.0915. The highest BCUT2D eigenvalue weighted by Gasteiger charge is 2.32. The third-order valence-corrected chi connectivity index (χ3v) is 2.47. The smallest absolute Gasteiger partial charge is 0.369 e. The fraction of sp³-hybridized carbons (Fsp3) is 0.182. The average molecular weight is 261 g/mol. The highest BCUT2D eigenvalue weighted by atomic mass is 19.4. The van der Waals surface area contributed by atoms with E-state index in [2.05, 4.69) is 5.32 Å². The molecule has 3 nitrogen and oxygen atoms in total. The van der Waals surface area contributed by atoms with Gasteiger partial charge >= 0.3 is 6.18 Å². The summed E-state index contributed by atoms with van der Waals surface area (Å²) >= 11 is 0.